The van der Waals surface area contributed by atoms with Crippen molar-refractivity contribution in [2.75, 3.05) is 7.05 Å². The van der Waals surface area contributed by atoms with E-state index in [1.165, 1.54) is 0 Å². The van der Waals surface area contributed by atoms with E-state index < -0.39 is 0 Å². The zero-order valence-corrected chi connectivity index (χ0v) is 10.6. The average Bonchev–Trinajstić information content (AvgIpc) is 2.89. The highest BCUT2D eigenvalue weighted by molar-refractivity contribution is 7.09. The van der Waals surface area contributed by atoms with Crippen molar-refractivity contribution >= 4 is 11.3 Å². The van der Waals surface area contributed by atoms with Gasteiger partial charge in [-0.1, -0.05) is 0 Å². The molecule has 0 amide bonds. The van der Waals surface area contributed by atoms with Crippen molar-refractivity contribution in [3.05, 3.63) is 34.0 Å². The summed E-state index contributed by atoms with van der Waals surface area (Å²) >= 11 is 1.68. The van der Waals surface area contributed by atoms with Gasteiger partial charge >= 0.3 is 0 Å². The van der Waals surface area contributed by atoms with Crippen LogP contribution in [0.3, 0.4) is 0 Å². The highest BCUT2D eigenvalue weighted by Gasteiger charge is 2.18. The van der Waals surface area contributed by atoms with Gasteiger partial charge in [-0.2, -0.15) is 5.10 Å². The fourth-order valence-corrected chi connectivity index (χ4v) is 2.45. The molecule has 0 saturated heterocycles. The van der Waals surface area contributed by atoms with Crippen LogP contribution in [0.1, 0.15) is 29.4 Å². The Morgan fingerprint density at radius 1 is 1.56 bits per heavy atom. The van der Waals surface area contributed by atoms with Gasteiger partial charge in [-0.3, -0.25) is 4.68 Å². The third-order valence-corrected chi connectivity index (χ3v) is 3.36. The minimum atomic E-state index is 0.132. The Morgan fingerprint density at radius 2 is 2.38 bits per heavy atom. The molecule has 16 heavy (non-hydrogen) atoms. The van der Waals surface area contributed by atoms with Gasteiger partial charge in [-0.25, -0.2) is 4.98 Å². The average molecular weight is 236 g/mol. The molecule has 0 bridgehead atoms. The molecule has 0 radical (unpaired) electrons. The second-order valence-electron chi connectivity index (χ2n) is 3.58. The van der Waals surface area contributed by atoms with Crippen molar-refractivity contribution in [1.82, 2.24) is 20.1 Å². The van der Waals surface area contributed by atoms with Crippen LogP contribution in [-0.4, -0.2) is 21.8 Å². The number of nitrogens with zero attached hydrogens (tertiary/aromatic N) is 3. The summed E-state index contributed by atoms with van der Waals surface area (Å²) in [4.78, 5) is 4.53. The monoisotopic (exact) mass is 236 g/mol. The fourth-order valence-electron chi connectivity index (χ4n) is 1.81. The molecule has 2 rings (SSSR count). The Hall–Kier alpha value is -1.20. The quantitative estimate of drug-likeness (QED) is 0.882. The molecule has 2 aromatic heterocycles. The summed E-state index contributed by atoms with van der Waals surface area (Å²) in [5, 5.41) is 10.8. The zero-order chi connectivity index (χ0) is 11.5. The van der Waals surface area contributed by atoms with E-state index in [-0.39, 0.29) is 6.04 Å². The topological polar surface area (TPSA) is 42.7 Å². The van der Waals surface area contributed by atoms with Gasteiger partial charge in [0.05, 0.1) is 22.4 Å². The lowest BCUT2D eigenvalue weighted by Crippen LogP contribution is -2.21. The predicted octanol–water partition coefficient (Wildman–Crippen LogP) is 1.98. The van der Waals surface area contributed by atoms with E-state index in [0.717, 1.165) is 22.9 Å². The third kappa shape index (κ3) is 2.01. The predicted molar refractivity (Wildman–Crippen MR) is 65.7 cm³/mol. The first-order chi connectivity index (χ1) is 7.76. The van der Waals surface area contributed by atoms with Gasteiger partial charge in [-0.05, 0) is 27.0 Å². The number of hydrogen-bond acceptors (Lipinski definition) is 4. The maximum Gasteiger partial charge on any atom is 0.0928 e. The molecule has 1 N–H and O–H groups in total. The number of thiazole rings is 1. The van der Waals surface area contributed by atoms with Crippen LogP contribution < -0.4 is 5.32 Å². The number of aromatic nitrogens is 3. The SMILES string of the molecule is CCn1nccc1C(NC)c1csc(C)n1. The van der Waals surface area contributed by atoms with Crippen LogP contribution in [0, 0.1) is 6.92 Å². The van der Waals surface area contributed by atoms with Crippen LogP contribution >= 0.6 is 11.3 Å². The molecule has 1 unspecified atom stereocenters. The van der Waals surface area contributed by atoms with Crippen LogP contribution in [-0.2, 0) is 6.54 Å². The van der Waals surface area contributed by atoms with E-state index in [9.17, 15) is 0 Å². The summed E-state index contributed by atoms with van der Waals surface area (Å²) in [6.45, 7) is 5.00. The largest absolute Gasteiger partial charge is 0.307 e. The van der Waals surface area contributed by atoms with Crippen LogP contribution in [0.5, 0.6) is 0 Å². The van der Waals surface area contributed by atoms with Crippen LogP contribution in [0.15, 0.2) is 17.6 Å². The summed E-state index contributed by atoms with van der Waals surface area (Å²) in [6, 6.07) is 2.17. The molecule has 2 aromatic rings. The van der Waals surface area contributed by atoms with E-state index in [1.807, 2.05) is 30.9 Å². The second kappa shape index (κ2) is 4.76. The van der Waals surface area contributed by atoms with Crippen molar-refractivity contribution in [3.63, 3.8) is 0 Å². The van der Waals surface area contributed by atoms with Crippen molar-refractivity contribution in [1.29, 1.82) is 0 Å². The maximum absolute atomic E-state index is 4.53. The first-order valence-corrected chi connectivity index (χ1v) is 6.25. The lowest BCUT2D eigenvalue weighted by molar-refractivity contribution is 0.557. The summed E-state index contributed by atoms with van der Waals surface area (Å²) in [5.74, 6) is 0. The molecule has 0 aliphatic rings. The molecule has 2 heterocycles. The van der Waals surface area contributed by atoms with E-state index in [1.54, 1.807) is 11.3 Å². The maximum atomic E-state index is 4.53. The normalized spacial score (nSPS) is 12.9. The molecule has 1 atom stereocenters. The van der Waals surface area contributed by atoms with Gasteiger partial charge in [0.25, 0.3) is 0 Å². The number of hydrogen-bond donors (Lipinski definition) is 1. The van der Waals surface area contributed by atoms with E-state index in [0.29, 0.717) is 0 Å². The van der Waals surface area contributed by atoms with Gasteiger partial charge < -0.3 is 5.32 Å². The lowest BCUT2D eigenvalue weighted by atomic mass is 10.1. The molecule has 0 saturated carbocycles. The Labute approximate surface area is 99.3 Å². The third-order valence-electron chi connectivity index (χ3n) is 2.57. The minimum absolute atomic E-state index is 0.132. The first-order valence-electron chi connectivity index (χ1n) is 5.37. The van der Waals surface area contributed by atoms with Gasteiger partial charge in [0.1, 0.15) is 0 Å². The number of nitrogens with one attached hydrogen (secondary N) is 1. The second-order valence-corrected chi connectivity index (χ2v) is 4.65. The lowest BCUT2D eigenvalue weighted by Gasteiger charge is -2.15. The van der Waals surface area contributed by atoms with Crippen molar-refractivity contribution in [3.8, 4) is 0 Å². The molecule has 0 spiro atoms. The van der Waals surface area contributed by atoms with Crippen LogP contribution in [0.4, 0.5) is 0 Å². The molecule has 4 nitrogen and oxygen atoms in total. The molecular formula is C11H16N4S. The van der Waals surface area contributed by atoms with Gasteiger partial charge in [0.2, 0.25) is 0 Å². The molecule has 0 aromatic carbocycles. The standard InChI is InChI=1S/C11H16N4S/c1-4-15-10(5-6-13-15)11(12-3)9-7-16-8(2)14-9/h5-7,11-12H,4H2,1-3H3. The smallest absolute Gasteiger partial charge is 0.0928 e. The first kappa shape index (κ1) is 11.3. The van der Waals surface area contributed by atoms with Gasteiger partial charge in [-0.15, -0.1) is 11.3 Å². The highest BCUT2D eigenvalue weighted by atomic mass is 32.1. The summed E-state index contributed by atoms with van der Waals surface area (Å²) < 4.78 is 2.00. The molecule has 0 aliphatic heterocycles. The Balaban J connectivity index is 2.36. The Bertz CT molecular complexity index is 460. The Morgan fingerprint density at radius 3 is 2.94 bits per heavy atom. The molecular weight excluding hydrogens is 220 g/mol. The minimum Gasteiger partial charge on any atom is -0.307 e. The van der Waals surface area contributed by atoms with Crippen LogP contribution in [0.25, 0.3) is 0 Å². The van der Waals surface area contributed by atoms with Crippen molar-refractivity contribution in [2.24, 2.45) is 0 Å². The highest BCUT2D eigenvalue weighted by Crippen LogP contribution is 2.22. The summed E-state index contributed by atoms with van der Waals surface area (Å²) in [6.07, 6.45) is 1.84. The fraction of sp³-hybridized carbons (Fsp3) is 0.455. The summed E-state index contributed by atoms with van der Waals surface area (Å²) in [7, 11) is 1.95. The number of aryl methyl sites for hydroxylation is 2. The van der Waals surface area contributed by atoms with Crippen LogP contribution in [0.2, 0.25) is 0 Å². The zero-order valence-electron chi connectivity index (χ0n) is 9.77. The van der Waals surface area contributed by atoms with Gasteiger partial charge in [0, 0.05) is 18.1 Å². The molecule has 0 aliphatic carbocycles. The summed E-state index contributed by atoms with van der Waals surface area (Å²) in [5.41, 5.74) is 2.23. The molecule has 5 heteroatoms. The molecule has 86 valence electrons. The molecule has 0 fully saturated rings. The van der Waals surface area contributed by atoms with E-state index >= 15 is 0 Å². The van der Waals surface area contributed by atoms with Crippen molar-refractivity contribution < 1.29 is 0 Å². The van der Waals surface area contributed by atoms with E-state index in [4.69, 9.17) is 0 Å². The Kier molecular flexibility index (Phi) is 3.36. The van der Waals surface area contributed by atoms with Gasteiger partial charge in [0.15, 0.2) is 0 Å². The van der Waals surface area contributed by atoms with E-state index in [2.05, 4.69) is 27.7 Å². The van der Waals surface area contributed by atoms with Crippen molar-refractivity contribution in [2.45, 2.75) is 26.4 Å². The number of rotatable bonds is 4.